The average Bonchev–Trinajstić information content (AvgIpc) is 2.98. The Bertz CT molecular complexity index is 984. The van der Waals surface area contributed by atoms with Crippen LogP contribution in [0.5, 0.6) is 0 Å². The summed E-state index contributed by atoms with van der Waals surface area (Å²) in [6.07, 6.45) is 4.05. The number of carbonyl (C=O) groups is 1. The molecule has 1 unspecified atom stereocenters. The minimum atomic E-state index is -0.344. The van der Waals surface area contributed by atoms with Crippen molar-refractivity contribution in [1.29, 1.82) is 5.41 Å². The first kappa shape index (κ1) is 20.2. The summed E-state index contributed by atoms with van der Waals surface area (Å²) < 4.78 is 0. The number of allylic oxidation sites excluding steroid dienone is 2. The molecule has 6 nitrogen and oxygen atoms in total. The fourth-order valence-electron chi connectivity index (χ4n) is 3.69. The zero-order valence-electron chi connectivity index (χ0n) is 17.3. The van der Waals surface area contributed by atoms with Gasteiger partial charge in [0.25, 0.3) is 0 Å². The second-order valence-electron chi connectivity index (χ2n) is 7.19. The highest BCUT2D eigenvalue weighted by atomic mass is 16.2. The van der Waals surface area contributed by atoms with Crippen molar-refractivity contribution in [2.24, 2.45) is 0 Å². The molecule has 2 aliphatic rings. The predicted octanol–water partition coefficient (Wildman–Crippen LogP) is 4.03. The number of urea groups is 1. The number of amides is 2. The molecule has 3 rings (SSSR count). The van der Waals surface area contributed by atoms with E-state index in [2.05, 4.69) is 34.8 Å². The van der Waals surface area contributed by atoms with Gasteiger partial charge in [0.1, 0.15) is 0 Å². The number of nitrogens with zero attached hydrogens (tertiary/aromatic N) is 2. The lowest BCUT2D eigenvalue weighted by molar-refractivity contribution is 0.245. The molecule has 0 spiro atoms. The topological polar surface area (TPSA) is 71.5 Å². The van der Waals surface area contributed by atoms with Crippen LogP contribution in [0, 0.1) is 5.41 Å². The van der Waals surface area contributed by atoms with Crippen LogP contribution in [0.25, 0.3) is 0 Å². The maximum atomic E-state index is 12.1. The Balaban J connectivity index is 2.19. The second-order valence-corrected chi connectivity index (χ2v) is 7.19. The van der Waals surface area contributed by atoms with Gasteiger partial charge in [0.15, 0.2) is 0 Å². The number of benzene rings is 1. The number of hydrogen-bond donors (Lipinski definition) is 3. The highest BCUT2D eigenvalue weighted by Crippen LogP contribution is 2.45. The molecule has 0 saturated carbocycles. The molecule has 6 heteroatoms. The third-order valence-electron chi connectivity index (χ3n) is 5.21. The Kier molecular flexibility index (Phi) is 5.46. The Morgan fingerprint density at radius 2 is 1.83 bits per heavy atom. The van der Waals surface area contributed by atoms with E-state index in [-0.39, 0.29) is 12.1 Å². The van der Waals surface area contributed by atoms with E-state index in [1.54, 1.807) is 14.0 Å². The highest BCUT2D eigenvalue weighted by Gasteiger charge is 2.40. The van der Waals surface area contributed by atoms with Gasteiger partial charge in [-0.25, -0.2) is 4.79 Å². The van der Waals surface area contributed by atoms with E-state index in [4.69, 9.17) is 5.41 Å². The summed E-state index contributed by atoms with van der Waals surface area (Å²) in [5, 5.41) is 13.9. The molecular weight excluding hydrogens is 362 g/mol. The van der Waals surface area contributed by atoms with Crippen molar-refractivity contribution in [1.82, 2.24) is 20.4 Å². The van der Waals surface area contributed by atoms with Crippen LogP contribution in [0.3, 0.4) is 0 Å². The highest BCUT2D eigenvalue weighted by molar-refractivity contribution is 6.00. The van der Waals surface area contributed by atoms with Crippen molar-refractivity contribution < 1.29 is 4.79 Å². The third kappa shape index (κ3) is 3.61. The number of rotatable bonds is 4. The first-order valence-electron chi connectivity index (χ1n) is 9.40. The van der Waals surface area contributed by atoms with Gasteiger partial charge in [0.05, 0.1) is 23.1 Å². The Labute approximate surface area is 172 Å². The summed E-state index contributed by atoms with van der Waals surface area (Å²) in [4.78, 5) is 16.2. The van der Waals surface area contributed by atoms with Crippen molar-refractivity contribution in [3.8, 4) is 0 Å². The first-order chi connectivity index (χ1) is 13.8. The molecule has 0 radical (unpaired) electrons. The van der Waals surface area contributed by atoms with Gasteiger partial charge in [-0.15, -0.1) is 0 Å². The molecule has 3 N–H and O–H groups in total. The van der Waals surface area contributed by atoms with Gasteiger partial charge in [0.2, 0.25) is 0 Å². The Morgan fingerprint density at radius 1 is 1.17 bits per heavy atom. The van der Waals surface area contributed by atoms with Crippen LogP contribution in [0.15, 0.2) is 89.7 Å². The summed E-state index contributed by atoms with van der Waals surface area (Å²) >= 11 is 0. The van der Waals surface area contributed by atoms with Gasteiger partial charge in [-0.3, -0.25) is 0 Å². The van der Waals surface area contributed by atoms with Crippen LogP contribution in [0.4, 0.5) is 4.79 Å². The van der Waals surface area contributed by atoms with Gasteiger partial charge in [0, 0.05) is 37.3 Å². The van der Waals surface area contributed by atoms with Crippen LogP contribution in [-0.2, 0) is 0 Å². The van der Waals surface area contributed by atoms with Crippen LogP contribution in [0.1, 0.15) is 25.5 Å². The van der Waals surface area contributed by atoms with E-state index in [0.29, 0.717) is 17.1 Å². The molecule has 0 saturated heterocycles. The molecule has 1 aromatic rings. The second kappa shape index (κ2) is 7.83. The van der Waals surface area contributed by atoms with E-state index < -0.39 is 0 Å². The van der Waals surface area contributed by atoms with Crippen molar-refractivity contribution in [2.75, 3.05) is 14.1 Å². The van der Waals surface area contributed by atoms with E-state index in [1.165, 1.54) is 0 Å². The van der Waals surface area contributed by atoms with Crippen LogP contribution >= 0.6 is 0 Å². The number of likely N-dealkylation sites (N-methyl/N-ethyl adjacent to an activating group) is 1. The first-order valence-corrected chi connectivity index (χ1v) is 9.40. The smallest absolute Gasteiger partial charge is 0.319 e. The molecule has 1 aromatic carbocycles. The minimum absolute atomic E-state index is 0.275. The van der Waals surface area contributed by atoms with E-state index >= 15 is 0 Å². The number of hydrogen-bond acceptors (Lipinski definition) is 4. The molecule has 29 heavy (non-hydrogen) atoms. The van der Waals surface area contributed by atoms with Crippen LogP contribution < -0.4 is 10.6 Å². The predicted molar refractivity (Wildman–Crippen MR) is 117 cm³/mol. The maximum absolute atomic E-state index is 12.1. The molecule has 2 heterocycles. The lowest BCUT2D eigenvalue weighted by atomic mass is 9.95. The monoisotopic (exact) mass is 389 g/mol. The fraction of sp³-hybridized carbons (Fsp3) is 0.217. The molecule has 150 valence electrons. The quantitative estimate of drug-likeness (QED) is 0.681. The van der Waals surface area contributed by atoms with Crippen molar-refractivity contribution >= 4 is 11.7 Å². The molecular formula is C23H27N5O. The van der Waals surface area contributed by atoms with Crippen molar-refractivity contribution in [2.45, 2.75) is 19.9 Å². The molecule has 0 fully saturated rings. The molecule has 2 amide bonds. The average molecular weight is 390 g/mol. The summed E-state index contributed by atoms with van der Waals surface area (Å²) in [7, 11) is 3.52. The summed E-state index contributed by atoms with van der Waals surface area (Å²) in [6, 6.07) is 9.35. The number of carbonyl (C=O) groups excluding carboxylic acids is 1. The Hall–Kier alpha value is -3.54. The van der Waals surface area contributed by atoms with E-state index in [0.717, 1.165) is 28.1 Å². The molecule has 2 aliphatic heterocycles. The zero-order valence-corrected chi connectivity index (χ0v) is 17.3. The van der Waals surface area contributed by atoms with Crippen molar-refractivity contribution in [3.05, 3.63) is 95.3 Å². The van der Waals surface area contributed by atoms with E-state index in [1.807, 2.05) is 55.4 Å². The summed E-state index contributed by atoms with van der Waals surface area (Å²) in [5.74, 6) is 0. The van der Waals surface area contributed by atoms with Gasteiger partial charge >= 0.3 is 6.03 Å². The van der Waals surface area contributed by atoms with Crippen molar-refractivity contribution in [3.63, 3.8) is 0 Å². The third-order valence-corrected chi connectivity index (χ3v) is 5.21. The minimum Gasteiger partial charge on any atom is -0.349 e. The molecule has 0 aliphatic carbocycles. The summed E-state index contributed by atoms with van der Waals surface area (Å²) in [5.41, 5.74) is 6.21. The SMILES string of the molecule is C=C1C(C)=CC(N2C(=C)C(NC(=O)NC)=C(C(C)=N)C2c2ccccc2)=CN1C. The number of nitrogens with one attached hydrogen (secondary N) is 3. The van der Waals surface area contributed by atoms with Gasteiger partial charge in [-0.2, -0.15) is 0 Å². The van der Waals surface area contributed by atoms with Crippen LogP contribution in [0.2, 0.25) is 0 Å². The normalized spacial score (nSPS) is 19.2. The van der Waals surface area contributed by atoms with Gasteiger partial charge in [-0.05, 0) is 31.1 Å². The van der Waals surface area contributed by atoms with Gasteiger partial charge < -0.3 is 25.8 Å². The molecule has 1 atom stereocenters. The molecule has 0 bridgehead atoms. The lowest BCUT2D eigenvalue weighted by Gasteiger charge is -2.34. The van der Waals surface area contributed by atoms with Gasteiger partial charge in [-0.1, -0.05) is 43.5 Å². The zero-order chi connectivity index (χ0) is 21.3. The lowest BCUT2D eigenvalue weighted by Crippen LogP contribution is -2.33. The van der Waals surface area contributed by atoms with E-state index in [9.17, 15) is 4.79 Å². The fourth-order valence-corrected chi connectivity index (χ4v) is 3.69. The van der Waals surface area contributed by atoms with Crippen LogP contribution in [-0.4, -0.2) is 35.6 Å². The molecule has 0 aromatic heterocycles. The largest absolute Gasteiger partial charge is 0.349 e. The standard InChI is InChI=1S/C23H27N5O/c1-14-12-19(13-27(6)16(14)3)28-17(4)21(26-23(29)25-5)20(15(2)24)22(28)18-10-8-7-9-11-18/h7-13,22,24H,3-4H2,1-2,5-6H3,(H2,25,26,29). The summed E-state index contributed by atoms with van der Waals surface area (Å²) in [6.45, 7) is 12.1. The Morgan fingerprint density at radius 3 is 2.38 bits per heavy atom. The maximum Gasteiger partial charge on any atom is 0.319 e.